The predicted octanol–water partition coefficient (Wildman–Crippen LogP) is 5.33. The maximum absolute atomic E-state index is 12.5. The molecule has 0 spiro atoms. The number of halogens is 1. The summed E-state index contributed by atoms with van der Waals surface area (Å²) in [5.41, 5.74) is 2.75. The number of nitrogens with one attached hydrogen (secondary N) is 1. The minimum absolute atomic E-state index is 0.123. The maximum Gasteiger partial charge on any atom is 0.234 e. The zero-order valence-corrected chi connectivity index (χ0v) is 17.9. The van der Waals surface area contributed by atoms with Crippen LogP contribution in [-0.4, -0.2) is 26.4 Å². The number of amides is 1. The summed E-state index contributed by atoms with van der Waals surface area (Å²) in [5, 5.41) is 12.1. The van der Waals surface area contributed by atoms with Crippen LogP contribution < -0.4 is 5.32 Å². The summed E-state index contributed by atoms with van der Waals surface area (Å²) in [7, 11) is 0. The highest BCUT2D eigenvalue weighted by atomic mass is 79.9. The topological polar surface area (TPSA) is 73.0 Å². The molecule has 0 aliphatic rings. The first-order valence-electron chi connectivity index (χ1n) is 8.85. The van der Waals surface area contributed by atoms with Gasteiger partial charge in [0.15, 0.2) is 10.9 Å². The van der Waals surface area contributed by atoms with E-state index in [9.17, 15) is 4.79 Å². The summed E-state index contributed by atoms with van der Waals surface area (Å²) in [5.74, 6) is 1.28. The molecule has 4 aromatic rings. The van der Waals surface area contributed by atoms with E-state index in [4.69, 9.17) is 4.42 Å². The SMILES string of the molecule is Cc1ccc(NC(=O)CSc2nnc(-c3ccco3)n2-c2ccccc2)c(Br)c1. The van der Waals surface area contributed by atoms with Gasteiger partial charge >= 0.3 is 0 Å². The van der Waals surface area contributed by atoms with Crippen molar-refractivity contribution in [3.63, 3.8) is 0 Å². The number of hydrogen-bond donors (Lipinski definition) is 1. The molecule has 4 rings (SSSR count). The van der Waals surface area contributed by atoms with E-state index in [0.29, 0.717) is 16.7 Å². The van der Waals surface area contributed by atoms with Crippen LogP contribution in [0.5, 0.6) is 0 Å². The average Bonchev–Trinajstić information content (AvgIpc) is 3.38. The molecule has 6 nitrogen and oxygen atoms in total. The Bertz CT molecular complexity index is 1130. The fraction of sp³-hybridized carbons (Fsp3) is 0.0952. The van der Waals surface area contributed by atoms with Crippen molar-refractivity contribution in [1.82, 2.24) is 14.8 Å². The molecular weight excluding hydrogens is 452 g/mol. The summed E-state index contributed by atoms with van der Waals surface area (Å²) < 4.78 is 8.24. The third-order valence-electron chi connectivity index (χ3n) is 4.12. The van der Waals surface area contributed by atoms with Gasteiger partial charge in [0, 0.05) is 10.2 Å². The van der Waals surface area contributed by atoms with E-state index >= 15 is 0 Å². The van der Waals surface area contributed by atoms with Gasteiger partial charge < -0.3 is 9.73 Å². The van der Waals surface area contributed by atoms with E-state index in [1.807, 2.05) is 66.1 Å². The predicted molar refractivity (Wildman–Crippen MR) is 117 cm³/mol. The van der Waals surface area contributed by atoms with Crippen molar-refractivity contribution >= 4 is 39.3 Å². The molecule has 2 aromatic carbocycles. The van der Waals surface area contributed by atoms with Crippen LogP contribution in [0.15, 0.2) is 81.0 Å². The first-order valence-corrected chi connectivity index (χ1v) is 10.6. The first-order chi connectivity index (χ1) is 14.1. The molecule has 1 N–H and O–H groups in total. The summed E-state index contributed by atoms with van der Waals surface area (Å²) >= 11 is 4.80. The van der Waals surface area contributed by atoms with Crippen molar-refractivity contribution < 1.29 is 9.21 Å². The van der Waals surface area contributed by atoms with Crippen LogP contribution in [0.25, 0.3) is 17.3 Å². The van der Waals surface area contributed by atoms with E-state index in [-0.39, 0.29) is 11.7 Å². The van der Waals surface area contributed by atoms with Gasteiger partial charge in [0.05, 0.1) is 17.7 Å². The third-order valence-corrected chi connectivity index (χ3v) is 5.71. The first kappa shape index (κ1) is 19.5. The second-order valence-corrected chi connectivity index (χ2v) is 8.07. The van der Waals surface area contributed by atoms with Gasteiger partial charge in [-0.1, -0.05) is 36.0 Å². The number of thioether (sulfide) groups is 1. The smallest absolute Gasteiger partial charge is 0.234 e. The lowest BCUT2D eigenvalue weighted by Crippen LogP contribution is -2.15. The molecule has 0 atom stereocenters. The quantitative estimate of drug-likeness (QED) is 0.387. The van der Waals surface area contributed by atoms with Gasteiger partial charge in [-0.2, -0.15) is 0 Å². The molecule has 0 radical (unpaired) electrons. The van der Waals surface area contributed by atoms with Gasteiger partial charge in [0.2, 0.25) is 11.7 Å². The number of carbonyl (C=O) groups is 1. The fourth-order valence-corrected chi connectivity index (χ4v) is 4.12. The molecule has 0 saturated carbocycles. The monoisotopic (exact) mass is 468 g/mol. The number of furan rings is 1. The number of para-hydroxylation sites is 1. The standard InChI is InChI=1S/C21H17BrN4O2S/c1-14-9-10-17(16(22)12-14)23-19(27)13-29-21-25-24-20(18-8-5-11-28-18)26(21)15-6-3-2-4-7-15/h2-12H,13H2,1H3,(H,23,27). The molecule has 29 heavy (non-hydrogen) atoms. The van der Waals surface area contributed by atoms with Crippen LogP contribution in [0.4, 0.5) is 5.69 Å². The molecule has 2 heterocycles. The van der Waals surface area contributed by atoms with Crippen molar-refractivity contribution in [2.45, 2.75) is 12.1 Å². The number of hydrogen-bond acceptors (Lipinski definition) is 5. The molecule has 1 amide bonds. The van der Waals surface area contributed by atoms with Crippen LogP contribution >= 0.6 is 27.7 Å². The van der Waals surface area contributed by atoms with Gasteiger partial charge in [-0.3, -0.25) is 9.36 Å². The molecule has 0 saturated heterocycles. The van der Waals surface area contributed by atoms with Gasteiger partial charge in [-0.15, -0.1) is 10.2 Å². The van der Waals surface area contributed by atoms with E-state index < -0.39 is 0 Å². The van der Waals surface area contributed by atoms with E-state index in [2.05, 4.69) is 31.4 Å². The molecule has 0 aliphatic carbocycles. The lowest BCUT2D eigenvalue weighted by Gasteiger charge is -2.10. The molecule has 0 aliphatic heterocycles. The van der Waals surface area contributed by atoms with Crippen LogP contribution in [-0.2, 0) is 4.79 Å². The highest BCUT2D eigenvalue weighted by molar-refractivity contribution is 9.10. The normalized spacial score (nSPS) is 10.8. The maximum atomic E-state index is 12.5. The zero-order valence-electron chi connectivity index (χ0n) is 15.5. The van der Waals surface area contributed by atoms with E-state index in [1.165, 1.54) is 11.8 Å². The highest BCUT2D eigenvalue weighted by Crippen LogP contribution is 2.29. The van der Waals surface area contributed by atoms with Crippen LogP contribution in [0, 0.1) is 6.92 Å². The molecular formula is C21H17BrN4O2S. The van der Waals surface area contributed by atoms with Gasteiger partial charge in [0.1, 0.15) is 0 Å². The Morgan fingerprint density at radius 1 is 1.14 bits per heavy atom. The number of carbonyl (C=O) groups excluding carboxylic acids is 1. The van der Waals surface area contributed by atoms with Gasteiger partial charge in [-0.05, 0) is 64.8 Å². The fourth-order valence-electron chi connectivity index (χ4n) is 2.78. The van der Waals surface area contributed by atoms with E-state index in [0.717, 1.165) is 21.4 Å². The van der Waals surface area contributed by atoms with Crippen molar-refractivity contribution in [2.24, 2.45) is 0 Å². The Morgan fingerprint density at radius 3 is 2.69 bits per heavy atom. The summed E-state index contributed by atoms with van der Waals surface area (Å²) in [4.78, 5) is 12.5. The van der Waals surface area contributed by atoms with Crippen molar-refractivity contribution in [3.8, 4) is 17.3 Å². The third kappa shape index (κ3) is 4.44. The highest BCUT2D eigenvalue weighted by Gasteiger charge is 2.19. The second kappa shape index (κ2) is 8.67. The molecule has 8 heteroatoms. The summed E-state index contributed by atoms with van der Waals surface area (Å²) in [6.45, 7) is 2.00. The summed E-state index contributed by atoms with van der Waals surface area (Å²) in [6, 6.07) is 19.2. The van der Waals surface area contributed by atoms with Crippen molar-refractivity contribution in [1.29, 1.82) is 0 Å². The Labute approximate surface area is 180 Å². The Morgan fingerprint density at radius 2 is 1.97 bits per heavy atom. The van der Waals surface area contributed by atoms with Crippen molar-refractivity contribution in [2.75, 3.05) is 11.1 Å². The minimum atomic E-state index is -0.123. The van der Waals surface area contributed by atoms with Crippen molar-refractivity contribution in [3.05, 3.63) is 77.0 Å². The zero-order chi connectivity index (χ0) is 20.2. The van der Waals surface area contributed by atoms with E-state index in [1.54, 1.807) is 12.3 Å². The van der Waals surface area contributed by atoms with Crippen LogP contribution in [0.3, 0.4) is 0 Å². The van der Waals surface area contributed by atoms with Gasteiger partial charge in [0.25, 0.3) is 0 Å². The van der Waals surface area contributed by atoms with Gasteiger partial charge in [-0.25, -0.2) is 0 Å². The average molecular weight is 469 g/mol. The Kier molecular flexibility index (Phi) is 5.82. The number of rotatable bonds is 6. The largest absolute Gasteiger partial charge is 0.461 e. The molecule has 0 bridgehead atoms. The molecule has 0 fully saturated rings. The van der Waals surface area contributed by atoms with Crippen LogP contribution in [0.1, 0.15) is 5.56 Å². The van der Waals surface area contributed by atoms with Crippen LogP contribution in [0.2, 0.25) is 0 Å². The second-order valence-electron chi connectivity index (χ2n) is 6.27. The molecule has 2 aromatic heterocycles. The number of nitrogens with zero attached hydrogens (tertiary/aromatic N) is 3. The number of aryl methyl sites for hydroxylation is 1. The number of aromatic nitrogens is 3. The number of anilines is 1. The molecule has 146 valence electrons. The lowest BCUT2D eigenvalue weighted by atomic mass is 10.2. The molecule has 0 unspecified atom stereocenters. The lowest BCUT2D eigenvalue weighted by molar-refractivity contribution is -0.113. The minimum Gasteiger partial charge on any atom is -0.461 e. The summed E-state index contributed by atoms with van der Waals surface area (Å²) in [6.07, 6.45) is 1.60. The Balaban J connectivity index is 1.55. The Hall–Kier alpha value is -2.84. The number of benzene rings is 2.